The number of ether oxygens (including phenoxy) is 2. The number of hydrogen-bond acceptors (Lipinski definition) is 3. The summed E-state index contributed by atoms with van der Waals surface area (Å²) in [6.45, 7) is 2.80. The SMILES string of the molecule is COC1(C)CC2CC1C1C(=O)OCC21. The smallest absolute Gasteiger partial charge is 0.309 e. The van der Waals surface area contributed by atoms with E-state index in [2.05, 4.69) is 6.92 Å². The molecule has 14 heavy (non-hydrogen) atoms. The molecule has 1 heterocycles. The van der Waals surface area contributed by atoms with Crippen molar-refractivity contribution in [2.24, 2.45) is 23.7 Å². The first-order chi connectivity index (χ1) is 6.65. The molecule has 0 radical (unpaired) electrons. The molecular formula is C11H16O3. The Bertz CT molecular complexity index is 288. The van der Waals surface area contributed by atoms with Crippen molar-refractivity contribution < 1.29 is 14.3 Å². The van der Waals surface area contributed by atoms with Crippen LogP contribution in [0.5, 0.6) is 0 Å². The van der Waals surface area contributed by atoms with Crippen molar-refractivity contribution >= 4 is 5.97 Å². The highest BCUT2D eigenvalue weighted by molar-refractivity contribution is 5.76. The van der Waals surface area contributed by atoms with E-state index in [9.17, 15) is 4.79 Å². The molecule has 0 amide bonds. The quantitative estimate of drug-likeness (QED) is 0.591. The van der Waals surface area contributed by atoms with Crippen LogP contribution in [0.3, 0.4) is 0 Å². The van der Waals surface area contributed by atoms with Gasteiger partial charge in [0.25, 0.3) is 0 Å². The molecule has 3 nitrogen and oxygen atoms in total. The van der Waals surface area contributed by atoms with Crippen LogP contribution < -0.4 is 0 Å². The van der Waals surface area contributed by atoms with Gasteiger partial charge in [-0.1, -0.05) is 0 Å². The second-order valence-corrected chi connectivity index (χ2v) is 5.14. The zero-order chi connectivity index (χ0) is 9.92. The molecule has 3 fully saturated rings. The first-order valence-electron chi connectivity index (χ1n) is 5.37. The molecule has 1 aliphatic heterocycles. The Balaban J connectivity index is 1.94. The maximum atomic E-state index is 11.6. The molecule has 0 aromatic heterocycles. The first-order valence-corrected chi connectivity index (χ1v) is 5.37. The lowest BCUT2D eigenvalue weighted by Crippen LogP contribution is -2.42. The van der Waals surface area contributed by atoms with E-state index in [4.69, 9.17) is 9.47 Å². The van der Waals surface area contributed by atoms with E-state index >= 15 is 0 Å². The molecule has 0 aromatic carbocycles. The topological polar surface area (TPSA) is 35.5 Å². The first kappa shape index (κ1) is 8.72. The monoisotopic (exact) mass is 196 g/mol. The van der Waals surface area contributed by atoms with E-state index in [0.29, 0.717) is 24.4 Å². The second kappa shape index (κ2) is 2.51. The predicted octanol–water partition coefficient (Wildman–Crippen LogP) is 1.22. The van der Waals surface area contributed by atoms with Gasteiger partial charge in [-0.25, -0.2) is 0 Å². The van der Waals surface area contributed by atoms with Gasteiger partial charge in [-0.15, -0.1) is 0 Å². The van der Waals surface area contributed by atoms with Crippen molar-refractivity contribution in [3.05, 3.63) is 0 Å². The fraction of sp³-hybridized carbons (Fsp3) is 0.909. The number of hydrogen-bond donors (Lipinski definition) is 0. The summed E-state index contributed by atoms with van der Waals surface area (Å²) in [6, 6.07) is 0. The number of esters is 1. The molecule has 1 saturated heterocycles. The maximum absolute atomic E-state index is 11.6. The van der Waals surface area contributed by atoms with Crippen LogP contribution in [-0.2, 0) is 14.3 Å². The van der Waals surface area contributed by atoms with E-state index < -0.39 is 0 Å². The molecule has 5 unspecified atom stereocenters. The number of carbonyl (C=O) groups is 1. The van der Waals surface area contributed by atoms with Crippen LogP contribution in [0, 0.1) is 23.7 Å². The summed E-state index contributed by atoms with van der Waals surface area (Å²) in [5.74, 6) is 1.71. The summed E-state index contributed by atoms with van der Waals surface area (Å²) in [5, 5.41) is 0. The minimum absolute atomic E-state index is 0.0190. The molecule has 2 aliphatic carbocycles. The largest absolute Gasteiger partial charge is 0.465 e. The van der Waals surface area contributed by atoms with Crippen LogP contribution in [0.4, 0.5) is 0 Å². The zero-order valence-electron chi connectivity index (χ0n) is 8.66. The molecule has 2 bridgehead atoms. The Morgan fingerprint density at radius 2 is 2.36 bits per heavy atom. The van der Waals surface area contributed by atoms with Gasteiger partial charge in [-0.2, -0.15) is 0 Å². The summed E-state index contributed by atoms with van der Waals surface area (Å²) in [6.07, 6.45) is 2.26. The van der Waals surface area contributed by atoms with E-state index in [-0.39, 0.29) is 17.5 Å². The Morgan fingerprint density at radius 1 is 1.57 bits per heavy atom. The lowest BCUT2D eigenvalue weighted by molar-refractivity contribution is -0.146. The molecule has 78 valence electrons. The normalized spacial score (nSPS) is 54.9. The van der Waals surface area contributed by atoms with Crippen LogP contribution in [-0.4, -0.2) is 25.3 Å². The van der Waals surface area contributed by atoms with Crippen molar-refractivity contribution in [1.29, 1.82) is 0 Å². The van der Waals surface area contributed by atoms with E-state index in [1.54, 1.807) is 7.11 Å². The lowest BCUT2D eigenvalue weighted by atomic mass is 9.73. The Morgan fingerprint density at radius 3 is 3.07 bits per heavy atom. The summed E-state index contributed by atoms with van der Waals surface area (Å²) < 4.78 is 10.7. The zero-order valence-corrected chi connectivity index (χ0v) is 8.66. The van der Waals surface area contributed by atoms with Gasteiger partial charge in [0.2, 0.25) is 0 Å². The molecule has 0 spiro atoms. The average molecular weight is 196 g/mol. The highest BCUT2D eigenvalue weighted by atomic mass is 16.5. The van der Waals surface area contributed by atoms with Gasteiger partial charge in [0, 0.05) is 18.9 Å². The van der Waals surface area contributed by atoms with Gasteiger partial charge in [0.05, 0.1) is 18.1 Å². The van der Waals surface area contributed by atoms with Gasteiger partial charge < -0.3 is 9.47 Å². The third-order valence-corrected chi connectivity index (χ3v) is 4.67. The highest BCUT2D eigenvalue weighted by Gasteiger charge is 2.63. The summed E-state index contributed by atoms with van der Waals surface area (Å²) >= 11 is 0. The van der Waals surface area contributed by atoms with Crippen molar-refractivity contribution in [2.45, 2.75) is 25.4 Å². The van der Waals surface area contributed by atoms with Crippen LogP contribution in [0.2, 0.25) is 0 Å². The van der Waals surface area contributed by atoms with Crippen LogP contribution in [0.15, 0.2) is 0 Å². The van der Waals surface area contributed by atoms with E-state index in [0.717, 1.165) is 12.8 Å². The Kier molecular flexibility index (Phi) is 1.56. The van der Waals surface area contributed by atoms with E-state index in [1.165, 1.54) is 0 Å². The number of carbonyl (C=O) groups excluding carboxylic acids is 1. The van der Waals surface area contributed by atoms with Crippen molar-refractivity contribution in [3.8, 4) is 0 Å². The van der Waals surface area contributed by atoms with Gasteiger partial charge in [-0.3, -0.25) is 4.79 Å². The molecule has 2 saturated carbocycles. The lowest BCUT2D eigenvalue weighted by Gasteiger charge is -2.36. The number of cyclic esters (lactones) is 1. The standard InChI is InChI=1S/C11H16O3/c1-11(13-2)4-6-3-8(11)9-7(6)5-14-10(9)12/h6-9H,3-5H2,1-2H3. The maximum Gasteiger partial charge on any atom is 0.309 e. The van der Waals surface area contributed by atoms with Crippen molar-refractivity contribution in [1.82, 2.24) is 0 Å². The second-order valence-electron chi connectivity index (χ2n) is 5.14. The fourth-order valence-corrected chi connectivity index (χ4v) is 3.86. The van der Waals surface area contributed by atoms with Crippen molar-refractivity contribution in [3.63, 3.8) is 0 Å². The third kappa shape index (κ3) is 0.842. The molecule has 3 rings (SSSR count). The molecule has 3 heteroatoms. The molecule has 5 atom stereocenters. The minimum Gasteiger partial charge on any atom is -0.465 e. The summed E-state index contributed by atoms with van der Waals surface area (Å²) in [5.41, 5.74) is -0.0742. The van der Waals surface area contributed by atoms with Crippen molar-refractivity contribution in [2.75, 3.05) is 13.7 Å². The number of fused-ring (bicyclic) bond motifs is 5. The molecule has 0 N–H and O–H groups in total. The predicted molar refractivity (Wildman–Crippen MR) is 49.6 cm³/mol. The molecule has 0 aromatic rings. The minimum atomic E-state index is -0.0742. The van der Waals surface area contributed by atoms with Gasteiger partial charge in [0.1, 0.15) is 0 Å². The molecule has 3 aliphatic rings. The van der Waals surface area contributed by atoms with E-state index in [1.807, 2.05) is 0 Å². The molecular weight excluding hydrogens is 180 g/mol. The Hall–Kier alpha value is -0.570. The van der Waals surface area contributed by atoms with Gasteiger partial charge in [0.15, 0.2) is 0 Å². The summed E-state index contributed by atoms with van der Waals surface area (Å²) in [4.78, 5) is 11.6. The van der Waals surface area contributed by atoms with Crippen LogP contribution in [0.1, 0.15) is 19.8 Å². The van der Waals surface area contributed by atoms with Gasteiger partial charge in [-0.05, 0) is 25.7 Å². The number of rotatable bonds is 1. The Labute approximate surface area is 83.8 Å². The summed E-state index contributed by atoms with van der Waals surface area (Å²) in [7, 11) is 1.76. The van der Waals surface area contributed by atoms with Gasteiger partial charge >= 0.3 is 5.97 Å². The fourth-order valence-electron chi connectivity index (χ4n) is 3.86. The third-order valence-electron chi connectivity index (χ3n) is 4.67. The highest BCUT2D eigenvalue weighted by Crippen LogP contribution is 2.60. The number of methoxy groups -OCH3 is 1. The average Bonchev–Trinajstić information content (AvgIpc) is 2.78. The van der Waals surface area contributed by atoms with Crippen LogP contribution in [0.25, 0.3) is 0 Å². The van der Waals surface area contributed by atoms with Crippen LogP contribution >= 0.6 is 0 Å².